The van der Waals surface area contributed by atoms with E-state index in [1.54, 1.807) is 6.92 Å². The summed E-state index contributed by atoms with van der Waals surface area (Å²) in [7, 11) is 0. The first-order valence-electron chi connectivity index (χ1n) is 2.24. The lowest BCUT2D eigenvalue weighted by Crippen LogP contribution is -1.98. The van der Waals surface area contributed by atoms with E-state index in [2.05, 4.69) is 11.3 Å². The predicted molar refractivity (Wildman–Crippen MR) is 55.9 cm³/mol. The zero-order chi connectivity index (χ0) is 6.41. The minimum Gasteiger partial charge on any atom is -0.473 e. The molecule has 3 nitrogen and oxygen atoms in total. The Morgan fingerprint density at radius 1 is 1.25 bits per heavy atom. The molecule has 0 amide bonds. The van der Waals surface area contributed by atoms with E-state index in [0.29, 0.717) is 5.76 Å². The fourth-order valence-corrected chi connectivity index (χ4v) is 0.180. The van der Waals surface area contributed by atoms with Crippen LogP contribution in [0, 0.1) is 0 Å². The summed E-state index contributed by atoms with van der Waals surface area (Å²) in [6, 6.07) is 0. The van der Waals surface area contributed by atoms with Gasteiger partial charge in [-0.15, -0.1) is 0 Å². The van der Waals surface area contributed by atoms with E-state index in [-0.39, 0.29) is 43.3 Å². The lowest BCUT2D eigenvalue weighted by molar-refractivity contribution is -0.0877. The molecule has 3 heteroatoms. The maximum Gasteiger partial charge on any atom is 0.191 e. The summed E-state index contributed by atoms with van der Waals surface area (Å²) in [6.45, 7) is 4.92. The monoisotopic (exact) mass is 182 g/mol. The largest absolute Gasteiger partial charge is 0.473 e. The van der Waals surface area contributed by atoms with Crippen LogP contribution in [-0.2, 0) is 9.47 Å². The van der Waals surface area contributed by atoms with Crippen molar-refractivity contribution in [3.63, 3.8) is 0 Å². The second-order valence-corrected chi connectivity index (χ2v) is 1.30. The van der Waals surface area contributed by atoms with Crippen LogP contribution >= 0.6 is 0 Å². The van der Waals surface area contributed by atoms with Crippen molar-refractivity contribution in [2.75, 3.05) is 13.6 Å². The molecule has 12 heavy (non-hydrogen) atoms. The normalized spacial score (nSPS) is 5.83. The van der Waals surface area contributed by atoms with Crippen LogP contribution in [0.25, 0.3) is 0 Å². The van der Waals surface area contributed by atoms with Crippen LogP contribution in [0.4, 0.5) is 0 Å². The van der Waals surface area contributed by atoms with Gasteiger partial charge >= 0.3 is 0 Å². The maximum absolute atomic E-state index is 8.05. The van der Waals surface area contributed by atoms with Crippen LogP contribution in [0.5, 0.6) is 0 Å². The van der Waals surface area contributed by atoms with Gasteiger partial charge in [0.25, 0.3) is 0 Å². The molecule has 0 aromatic heterocycles. The third-order valence-corrected chi connectivity index (χ3v) is 0.480. The molecule has 0 aliphatic rings. The van der Waals surface area contributed by atoms with E-state index < -0.39 is 0 Å². The van der Waals surface area contributed by atoms with Gasteiger partial charge in [-0.3, -0.25) is 0 Å². The summed E-state index contributed by atoms with van der Waals surface area (Å²) in [5.41, 5.74) is 0. The molecule has 0 saturated heterocycles. The summed E-state index contributed by atoms with van der Waals surface area (Å²) in [6.07, 6.45) is 0. The van der Waals surface area contributed by atoms with Crippen LogP contribution in [0.3, 0.4) is 0 Å². The fourth-order valence-electron chi connectivity index (χ4n) is 0.180. The van der Waals surface area contributed by atoms with E-state index in [4.69, 9.17) is 9.84 Å². The fraction of sp³-hybridized carbons (Fsp3) is 0.778. The minimum atomic E-state index is -0.312. The van der Waals surface area contributed by atoms with Crippen LogP contribution in [-0.4, -0.2) is 18.7 Å². The average Bonchev–Trinajstić information content (AvgIpc) is 1.66. The third kappa shape index (κ3) is 34.0. The Bertz CT molecular complexity index is 72.2. The molecule has 80 valence electrons. The highest BCUT2D eigenvalue weighted by Gasteiger charge is 1.81. The second kappa shape index (κ2) is 22.4. The first kappa shape index (κ1) is 30.0. The molecule has 0 saturated carbocycles. The molecule has 0 unspecified atom stereocenters. The molecule has 0 atom stereocenters. The Hall–Kier alpha value is -0.540. The van der Waals surface area contributed by atoms with Gasteiger partial charge in [-0.2, -0.15) is 0 Å². The van der Waals surface area contributed by atoms with Gasteiger partial charge in [-0.05, 0) is 6.92 Å². The van der Waals surface area contributed by atoms with Gasteiger partial charge in [0.1, 0.15) is 6.79 Å². The maximum atomic E-state index is 8.05. The van der Waals surface area contributed by atoms with Crippen molar-refractivity contribution in [3.05, 3.63) is 12.3 Å². The van der Waals surface area contributed by atoms with Crippen molar-refractivity contribution in [2.24, 2.45) is 0 Å². The van der Waals surface area contributed by atoms with Crippen molar-refractivity contribution in [2.45, 2.75) is 36.6 Å². The Balaban J connectivity index is -0.0000000408. The number of ether oxygens (including phenoxy) is 2. The van der Waals surface area contributed by atoms with Crippen LogP contribution in [0.15, 0.2) is 12.3 Å². The summed E-state index contributed by atoms with van der Waals surface area (Å²) < 4.78 is 9.12. The van der Waals surface area contributed by atoms with Gasteiger partial charge in [0.2, 0.25) is 0 Å². The van der Waals surface area contributed by atoms with Gasteiger partial charge in [0.05, 0.1) is 5.76 Å². The van der Waals surface area contributed by atoms with Crippen molar-refractivity contribution in [1.29, 1.82) is 0 Å². The lowest BCUT2D eigenvalue weighted by atomic mass is 10.7. The number of aliphatic hydroxyl groups is 1. The van der Waals surface area contributed by atoms with E-state index in [1.165, 1.54) is 0 Å². The highest BCUT2D eigenvalue weighted by Crippen LogP contribution is 1.88. The molecule has 1 N–H and O–H groups in total. The van der Waals surface area contributed by atoms with E-state index in [9.17, 15) is 0 Å². The van der Waals surface area contributed by atoms with Gasteiger partial charge in [-0.25, -0.2) is 0 Å². The lowest BCUT2D eigenvalue weighted by Gasteiger charge is -2.01. The molecule has 0 fully saturated rings. The molecule has 0 aromatic carbocycles. The summed E-state index contributed by atoms with van der Waals surface area (Å²) in [5, 5.41) is 8.05. The third-order valence-electron chi connectivity index (χ3n) is 0.480. The van der Waals surface area contributed by atoms with Crippen LogP contribution in [0.2, 0.25) is 0 Å². The molecular formula is C9H26O3. The quantitative estimate of drug-likeness (QED) is 0.412. The summed E-state index contributed by atoms with van der Waals surface area (Å²) in [5.74, 6) is 0.582. The first-order chi connectivity index (χ1) is 3.77. The van der Waals surface area contributed by atoms with Crippen LogP contribution in [0.1, 0.15) is 36.6 Å². The van der Waals surface area contributed by atoms with Crippen molar-refractivity contribution >= 4 is 0 Å². The zero-order valence-corrected chi connectivity index (χ0v) is 4.89. The number of hydrogen-bond donors (Lipinski definition) is 1. The summed E-state index contributed by atoms with van der Waals surface area (Å²) in [4.78, 5) is 0. The predicted octanol–water partition coefficient (Wildman–Crippen LogP) is 3.00. The number of rotatable bonds is 4. The highest BCUT2D eigenvalue weighted by molar-refractivity contribution is 4.72. The van der Waals surface area contributed by atoms with Gasteiger partial charge < -0.3 is 14.6 Å². The van der Waals surface area contributed by atoms with Gasteiger partial charge in [0, 0.05) is 0 Å². The molecule has 0 rings (SSSR count). The standard InChI is InChI=1S/C5H10O3.4CH4/c1-5(2)8-4-7-3-6;;;;/h6H,1,3-4H2,2H3;4*1H4. The van der Waals surface area contributed by atoms with E-state index >= 15 is 0 Å². The molecule has 0 spiro atoms. The average molecular weight is 182 g/mol. The molecular weight excluding hydrogens is 156 g/mol. The van der Waals surface area contributed by atoms with Gasteiger partial charge in [0.15, 0.2) is 6.79 Å². The van der Waals surface area contributed by atoms with Crippen molar-refractivity contribution in [3.8, 4) is 0 Å². The van der Waals surface area contributed by atoms with Crippen LogP contribution < -0.4 is 0 Å². The van der Waals surface area contributed by atoms with E-state index in [0.717, 1.165) is 0 Å². The molecule has 0 aliphatic heterocycles. The topological polar surface area (TPSA) is 38.7 Å². The smallest absolute Gasteiger partial charge is 0.191 e. The number of hydrogen-bond acceptors (Lipinski definition) is 3. The number of allylic oxidation sites excluding steroid dienone is 1. The Morgan fingerprint density at radius 3 is 1.92 bits per heavy atom. The van der Waals surface area contributed by atoms with E-state index in [1.807, 2.05) is 0 Å². The molecule has 0 aliphatic carbocycles. The summed E-state index contributed by atoms with van der Waals surface area (Å²) >= 11 is 0. The first-order valence-corrected chi connectivity index (χ1v) is 2.24. The van der Waals surface area contributed by atoms with Crippen molar-refractivity contribution in [1.82, 2.24) is 0 Å². The molecule has 0 heterocycles. The van der Waals surface area contributed by atoms with Gasteiger partial charge in [-0.1, -0.05) is 36.3 Å². The Kier molecular flexibility index (Phi) is 56.2. The Labute approximate surface area is 78.0 Å². The molecule has 0 radical (unpaired) electrons. The second-order valence-electron chi connectivity index (χ2n) is 1.30. The highest BCUT2D eigenvalue weighted by atomic mass is 16.7. The minimum absolute atomic E-state index is 0. The Morgan fingerprint density at radius 2 is 1.67 bits per heavy atom. The zero-order valence-electron chi connectivity index (χ0n) is 4.89. The van der Waals surface area contributed by atoms with Crippen molar-refractivity contribution < 1.29 is 14.6 Å². The number of aliphatic hydroxyl groups excluding tert-OH is 1. The molecule has 0 aromatic rings. The SMILES string of the molecule is C.C.C.C.C=C(C)OCOCO. The molecule has 0 bridgehead atoms.